The number of hydrogen-bond donors (Lipinski definition) is 2. The highest BCUT2D eigenvalue weighted by Crippen LogP contribution is 2.39. The molecule has 4 aromatic rings. The summed E-state index contributed by atoms with van der Waals surface area (Å²) in [6.07, 6.45) is 10.3. The first-order valence-corrected chi connectivity index (χ1v) is 11.0. The van der Waals surface area contributed by atoms with Crippen molar-refractivity contribution < 1.29 is 8.76 Å². The molecule has 3 aromatic heterocycles. The molecule has 30 heavy (non-hydrogen) atoms. The van der Waals surface area contributed by atoms with Gasteiger partial charge in [-0.3, -0.25) is 9.67 Å². The number of imidazole rings is 1. The molecule has 1 fully saturated rings. The number of benzene rings is 1. The van der Waals surface area contributed by atoms with E-state index in [1.807, 2.05) is 48.7 Å². The lowest BCUT2D eigenvalue weighted by molar-refractivity contribution is 0.366. The number of aromatic nitrogens is 5. The van der Waals surface area contributed by atoms with Crippen LogP contribution in [0.1, 0.15) is 25.7 Å². The number of nitrogens with zero attached hydrogens (tertiary/aromatic N) is 4. The first-order valence-electron chi connectivity index (χ1n) is 9.89. The average Bonchev–Trinajstić information content (AvgIpc) is 3.55. The van der Waals surface area contributed by atoms with Gasteiger partial charge in [0.15, 0.2) is 21.8 Å². The van der Waals surface area contributed by atoms with Crippen LogP contribution in [0.4, 0.5) is 0 Å². The van der Waals surface area contributed by atoms with E-state index in [9.17, 15) is 8.76 Å². The van der Waals surface area contributed by atoms with Crippen LogP contribution in [0, 0.1) is 0 Å². The Morgan fingerprint density at radius 1 is 1.00 bits per heavy atom. The minimum atomic E-state index is -1.97. The highest BCUT2D eigenvalue weighted by molar-refractivity contribution is 7.80. The predicted molar refractivity (Wildman–Crippen MR) is 116 cm³/mol. The van der Waals surface area contributed by atoms with Crippen LogP contribution in [-0.4, -0.2) is 33.5 Å². The van der Waals surface area contributed by atoms with Crippen molar-refractivity contribution >= 4 is 11.1 Å². The Bertz CT molecular complexity index is 1190. The number of hydrogen-bond acceptors (Lipinski definition) is 4. The Morgan fingerprint density at radius 3 is 2.57 bits per heavy atom. The molecule has 1 aliphatic rings. The molecule has 1 unspecified atom stereocenters. The molecule has 1 saturated carbocycles. The SMILES string of the molecule is O=S(O)C1(n2cc(-c3ccnc(-c4ncc(-c5ccccc5)[nH]4)c3)cn2)CCCC1. The van der Waals surface area contributed by atoms with Crippen molar-refractivity contribution in [3.63, 3.8) is 0 Å². The second-order valence-electron chi connectivity index (χ2n) is 7.52. The second-order valence-corrected chi connectivity index (χ2v) is 8.78. The van der Waals surface area contributed by atoms with Crippen LogP contribution in [0.15, 0.2) is 67.3 Å². The summed E-state index contributed by atoms with van der Waals surface area (Å²) >= 11 is -1.97. The molecule has 152 valence electrons. The molecule has 0 radical (unpaired) electrons. The number of rotatable bonds is 5. The van der Waals surface area contributed by atoms with Gasteiger partial charge in [-0.15, -0.1) is 0 Å². The van der Waals surface area contributed by atoms with Crippen LogP contribution >= 0.6 is 0 Å². The fourth-order valence-electron chi connectivity index (χ4n) is 4.06. The van der Waals surface area contributed by atoms with E-state index in [-0.39, 0.29) is 0 Å². The normalized spacial score (nSPS) is 16.6. The molecule has 0 amide bonds. The first-order chi connectivity index (χ1) is 14.7. The maximum Gasteiger partial charge on any atom is 0.181 e. The Balaban J connectivity index is 1.46. The van der Waals surface area contributed by atoms with E-state index in [1.165, 1.54) is 0 Å². The fraction of sp³-hybridized carbons (Fsp3) is 0.227. The number of nitrogens with one attached hydrogen (secondary N) is 1. The maximum absolute atomic E-state index is 12.1. The monoisotopic (exact) mass is 419 g/mol. The quantitative estimate of drug-likeness (QED) is 0.466. The summed E-state index contributed by atoms with van der Waals surface area (Å²) in [6.45, 7) is 0. The van der Waals surface area contributed by atoms with Gasteiger partial charge >= 0.3 is 0 Å². The molecule has 0 spiro atoms. The van der Waals surface area contributed by atoms with Gasteiger partial charge in [0, 0.05) is 18.0 Å². The van der Waals surface area contributed by atoms with Gasteiger partial charge in [0.2, 0.25) is 0 Å². The molecule has 5 rings (SSSR count). The lowest BCUT2D eigenvalue weighted by atomic mass is 10.1. The Morgan fingerprint density at radius 2 is 1.80 bits per heavy atom. The van der Waals surface area contributed by atoms with Crippen LogP contribution in [0.2, 0.25) is 0 Å². The smallest absolute Gasteiger partial charge is 0.181 e. The van der Waals surface area contributed by atoms with Crippen LogP contribution in [0.5, 0.6) is 0 Å². The van der Waals surface area contributed by atoms with E-state index in [0.29, 0.717) is 18.7 Å². The zero-order chi connectivity index (χ0) is 20.6. The van der Waals surface area contributed by atoms with Crippen LogP contribution in [0.25, 0.3) is 33.9 Å². The maximum atomic E-state index is 12.1. The number of aromatic amines is 1. The molecule has 0 aliphatic heterocycles. The highest BCUT2D eigenvalue weighted by atomic mass is 32.2. The van der Waals surface area contributed by atoms with E-state index in [1.54, 1.807) is 23.3 Å². The molecule has 7 nitrogen and oxygen atoms in total. The molecular formula is C22H21N5O2S. The third-order valence-corrected chi connectivity index (χ3v) is 6.95. The number of H-pyrrole nitrogens is 1. The van der Waals surface area contributed by atoms with Crippen molar-refractivity contribution in [1.29, 1.82) is 0 Å². The molecular weight excluding hydrogens is 398 g/mol. The summed E-state index contributed by atoms with van der Waals surface area (Å²) < 4.78 is 23.6. The van der Waals surface area contributed by atoms with Crippen molar-refractivity contribution in [1.82, 2.24) is 24.7 Å². The summed E-state index contributed by atoms with van der Waals surface area (Å²) in [6, 6.07) is 13.9. The molecule has 8 heteroatoms. The zero-order valence-corrected chi connectivity index (χ0v) is 17.0. The largest absolute Gasteiger partial charge is 0.337 e. The van der Waals surface area contributed by atoms with Crippen molar-refractivity contribution in [2.75, 3.05) is 0 Å². The van der Waals surface area contributed by atoms with Gasteiger partial charge in [-0.2, -0.15) is 5.10 Å². The molecule has 1 atom stereocenters. The summed E-state index contributed by atoms with van der Waals surface area (Å²) in [5.74, 6) is 0.687. The van der Waals surface area contributed by atoms with E-state index < -0.39 is 16.0 Å². The predicted octanol–water partition coefficient (Wildman–Crippen LogP) is 4.45. The number of pyridine rings is 1. The van der Waals surface area contributed by atoms with Gasteiger partial charge in [-0.25, -0.2) is 9.19 Å². The van der Waals surface area contributed by atoms with Crippen LogP contribution in [0.3, 0.4) is 0 Å². The highest BCUT2D eigenvalue weighted by Gasteiger charge is 2.42. The lowest BCUT2D eigenvalue weighted by Gasteiger charge is -2.25. The minimum Gasteiger partial charge on any atom is -0.337 e. The summed E-state index contributed by atoms with van der Waals surface area (Å²) in [7, 11) is 0. The van der Waals surface area contributed by atoms with Gasteiger partial charge in [0.1, 0.15) is 5.69 Å². The standard InChI is InChI=1S/C22H21N5O2S/c28-30(29)22(9-4-5-10-22)27-15-18(13-25-27)17-8-11-23-19(12-17)21-24-14-20(26-21)16-6-2-1-3-7-16/h1-3,6-8,11-15H,4-5,9-10H2,(H,24,26)(H,28,29). The van der Waals surface area contributed by atoms with Gasteiger partial charge in [-0.05, 0) is 48.9 Å². The molecule has 3 heterocycles. The summed E-state index contributed by atoms with van der Waals surface area (Å²) in [4.78, 5) is 11.5. The first kappa shape index (κ1) is 18.9. The Hall–Kier alpha value is -3.10. The molecule has 1 aromatic carbocycles. The van der Waals surface area contributed by atoms with E-state index in [0.717, 1.165) is 40.9 Å². The second kappa shape index (κ2) is 7.62. The summed E-state index contributed by atoms with van der Waals surface area (Å²) in [5.41, 5.74) is 4.53. The Labute approximate surface area is 176 Å². The van der Waals surface area contributed by atoms with Gasteiger partial charge in [-0.1, -0.05) is 30.3 Å². The fourth-order valence-corrected chi connectivity index (χ4v) is 4.96. The van der Waals surface area contributed by atoms with Gasteiger partial charge < -0.3 is 9.54 Å². The third kappa shape index (κ3) is 3.28. The van der Waals surface area contributed by atoms with Gasteiger partial charge in [0.05, 0.1) is 18.1 Å². The third-order valence-electron chi connectivity index (χ3n) is 5.71. The van der Waals surface area contributed by atoms with E-state index in [2.05, 4.69) is 20.1 Å². The van der Waals surface area contributed by atoms with Crippen LogP contribution < -0.4 is 0 Å². The summed E-state index contributed by atoms with van der Waals surface area (Å²) in [5, 5.41) is 4.43. The zero-order valence-electron chi connectivity index (χ0n) is 16.2. The topological polar surface area (TPSA) is 96.7 Å². The molecule has 0 bridgehead atoms. The molecule has 0 saturated heterocycles. The van der Waals surface area contributed by atoms with Crippen molar-refractivity contribution in [2.24, 2.45) is 0 Å². The average molecular weight is 420 g/mol. The van der Waals surface area contributed by atoms with E-state index >= 15 is 0 Å². The minimum absolute atomic E-state index is 0.660. The van der Waals surface area contributed by atoms with Crippen molar-refractivity contribution in [3.05, 3.63) is 67.3 Å². The Kier molecular flexibility index (Phi) is 4.80. The van der Waals surface area contributed by atoms with Crippen LogP contribution in [-0.2, 0) is 16.0 Å². The van der Waals surface area contributed by atoms with E-state index in [4.69, 9.17) is 0 Å². The van der Waals surface area contributed by atoms with Gasteiger partial charge in [0.25, 0.3) is 0 Å². The molecule has 1 aliphatic carbocycles. The molecule has 2 N–H and O–H groups in total. The lowest BCUT2D eigenvalue weighted by Crippen LogP contribution is -2.35. The van der Waals surface area contributed by atoms with Crippen molar-refractivity contribution in [2.45, 2.75) is 30.6 Å². The van der Waals surface area contributed by atoms with Crippen molar-refractivity contribution in [3.8, 4) is 33.9 Å².